The first-order valence-corrected chi connectivity index (χ1v) is 8.71. The Morgan fingerprint density at radius 1 is 1.08 bits per heavy atom. The summed E-state index contributed by atoms with van der Waals surface area (Å²) in [5.41, 5.74) is 2.51. The molecular formula is C17H16N6OS. The van der Waals surface area contributed by atoms with E-state index in [2.05, 4.69) is 30.6 Å². The van der Waals surface area contributed by atoms with Crippen molar-refractivity contribution < 1.29 is 4.79 Å². The number of hydrogen-bond acceptors (Lipinski definition) is 6. The number of nitrogens with one attached hydrogen (secondary N) is 2. The van der Waals surface area contributed by atoms with Crippen molar-refractivity contribution in [2.24, 2.45) is 0 Å². The minimum absolute atomic E-state index is 0.184. The van der Waals surface area contributed by atoms with Crippen molar-refractivity contribution in [2.45, 2.75) is 12.1 Å². The number of carbonyl (C=O) groups excluding carboxylic acids is 1. The summed E-state index contributed by atoms with van der Waals surface area (Å²) < 4.78 is 0. The molecule has 0 unspecified atom stereocenters. The molecule has 126 valence electrons. The largest absolute Gasteiger partial charge is 0.326 e. The lowest BCUT2D eigenvalue weighted by molar-refractivity contribution is 0.262. The Kier molecular flexibility index (Phi) is 5.20. The molecule has 3 rings (SSSR count). The van der Waals surface area contributed by atoms with Crippen LogP contribution in [0.1, 0.15) is 5.56 Å². The van der Waals surface area contributed by atoms with E-state index in [1.807, 2.05) is 43.5 Å². The summed E-state index contributed by atoms with van der Waals surface area (Å²) in [6.07, 6.45) is 5.20. The molecule has 7 nitrogen and oxygen atoms in total. The Labute approximate surface area is 149 Å². The Hall–Kier alpha value is -3.00. The van der Waals surface area contributed by atoms with Crippen LogP contribution in [0.2, 0.25) is 0 Å². The number of benzene rings is 1. The van der Waals surface area contributed by atoms with Crippen LogP contribution in [0.15, 0.2) is 53.9 Å². The summed E-state index contributed by atoms with van der Waals surface area (Å²) in [6.45, 7) is 1.96. The van der Waals surface area contributed by atoms with Crippen molar-refractivity contribution >= 4 is 29.4 Å². The van der Waals surface area contributed by atoms with Crippen molar-refractivity contribution in [3.8, 4) is 11.4 Å². The van der Waals surface area contributed by atoms with Gasteiger partial charge < -0.3 is 5.32 Å². The van der Waals surface area contributed by atoms with E-state index in [1.165, 1.54) is 11.8 Å². The number of amides is 2. The molecule has 0 aliphatic heterocycles. The van der Waals surface area contributed by atoms with E-state index in [4.69, 9.17) is 0 Å². The van der Waals surface area contributed by atoms with Crippen LogP contribution in [-0.2, 0) is 0 Å². The van der Waals surface area contributed by atoms with Gasteiger partial charge in [-0.15, -0.1) is 0 Å². The average Bonchev–Trinajstić information content (AvgIpc) is 2.62. The van der Waals surface area contributed by atoms with Gasteiger partial charge >= 0.3 is 6.03 Å². The standard InChI is InChI=1S/C17H16N6OS/c1-11-5-3-7-13(9-11)19-16(24)22-15-20-14(21-17(23-15)25-2)12-6-4-8-18-10-12/h3-10H,1-2H3,(H2,19,20,21,22,23,24). The quantitative estimate of drug-likeness (QED) is 0.697. The van der Waals surface area contributed by atoms with E-state index in [1.54, 1.807) is 18.5 Å². The third-order valence-corrected chi connectivity index (χ3v) is 3.77. The number of anilines is 2. The molecule has 0 radical (unpaired) electrons. The molecule has 8 heteroatoms. The highest BCUT2D eigenvalue weighted by Crippen LogP contribution is 2.19. The summed E-state index contributed by atoms with van der Waals surface area (Å²) in [6, 6.07) is 10.8. The molecule has 1 aromatic carbocycles. The molecule has 25 heavy (non-hydrogen) atoms. The van der Waals surface area contributed by atoms with Gasteiger partial charge in [-0.3, -0.25) is 10.3 Å². The molecule has 0 spiro atoms. The van der Waals surface area contributed by atoms with Crippen LogP contribution in [-0.4, -0.2) is 32.2 Å². The van der Waals surface area contributed by atoms with Gasteiger partial charge in [-0.25, -0.2) is 9.78 Å². The fraction of sp³-hybridized carbons (Fsp3) is 0.118. The van der Waals surface area contributed by atoms with Crippen molar-refractivity contribution in [3.63, 3.8) is 0 Å². The van der Waals surface area contributed by atoms with Crippen LogP contribution in [0, 0.1) is 6.92 Å². The number of aromatic nitrogens is 4. The summed E-state index contributed by atoms with van der Waals surface area (Å²) in [5, 5.41) is 5.92. The van der Waals surface area contributed by atoms with Gasteiger partial charge in [0.1, 0.15) is 0 Å². The van der Waals surface area contributed by atoms with Gasteiger partial charge in [0.25, 0.3) is 0 Å². The first-order valence-electron chi connectivity index (χ1n) is 7.49. The average molecular weight is 352 g/mol. The molecule has 2 heterocycles. The SMILES string of the molecule is CSc1nc(NC(=O)Nc2cccc(C)c2)nc(-c2cccnc2)n1. The molecule has 0 aliphatic carbocycles. The maximum absolute atomic E-state index is 12.2. The number of hydrogen-bond donors (Lipinski definition) is 2. The van der Waals surface area contributed by atoms with Crippen molar-refractivity contribution in [3.05, 3.63) is 54.4 Å². The lowest BCUT2D eigenvalue weighted by Crippen LogP contribution is -2.21. The lowest BCUT2D eigenvalue weighted by Gasteiger charge is -2.09. The maximum atomic E-state index is 12.2. The van der Waals surface area contributed by atoms with Crippen molar-refractivity contribution in [1.82, 2.24) is 19.9 Å². The smallest absolute Gasteiger partial charge is 0.308 e. The zero-order chi connectivity index (χ0) is 17.6. The third-order valence-electron chi connectivity index (χ3n) is 3.22. The Morgan fingerprint density at radius 2 is 1.96 bits per heavy atom. The van der Waals surface area contributed by atoms with Crippen LogP contribution in [0.4, 0.5) is 16.4 Å². The summed E-state index contributed by atoms with van der Waals surface area (Å²) in [7, 11) is 0. The number of pyridine rings is 1. The molecule has 0 aliphatic rings. The minimum atomic E-state index is -0.416. The van der Waals surface area contributed by atoms with Gasteiger partial charge in [0.05, 0.1) is 0 Å². The molecule has 0 bridgehead atoms. The number of carbonyl (C=O) groups is 1. The second-order valence-electron chi connectivity index (χ2n) is 5.16. The Balaban J connectivity index is 1.81. The Morgan fingerprint density at radius 3 is 2.68 bits per heavy atom. The normalized spacial score (nSPS) is 10.3. The van der Waals surface area contributed by atoms with Crippen LogP contribution >= 0.6 is 11.8 Å². The van der Waals surface area contributed by atoms with E-state index in [9.17, 15) is 4.79 Å². The van der Waals surface area contributed by atoms with E-state index >= 15 is 0 Å². The van der Waals surface area contributed by atoms with Crippen molar-refractivity contribution in [2.75, 3.05) is 16.9 Å². The topological polar surface area (TPSA) is 92.7 Å². The molecule has 2 aromatic heterocycles. The molecule has 3 aromatic rings. The van der Waals surface area contributed by atoms with Gasteiger partial charge in [0.2, 0.25) is 5.95 Å². The number of rotatable bonds is 4. The lowest BCUT2D eigenvalue weighted by atomic mass is 10.2. The highest BCUT2D eigenvalue weighted by Gasteiger charge is 2.11. The molecule has 0 saturated heterocycles. The summed E-state index contributed by atoms with van der Waals surface area (Å²) >= 11 is 1.37. The first-order chi connectivity index (χ1) is 12.1. The molecule has 0 fully saturated rings. The molecule has 2 N–H and O–H groups in total. The van der Waals surface area contributed by atoms with E-state index in [0.29, 0.717) is 16.7 Å². The number of thioether (sulfide) groups is 1. The number of nitrogens with zero attached hydrogens (tertiary/aromatic N) is 4. The van der Waals surface area contributed by atoms with Crippen LogP contribution in [0.25, 0.3) is 11.4 Å². The minimum Gasteiger partial charge on any atom is -0.308 e. The Bertz CT molecular complexity index is 887. The number of aryl methyl sites for hydroxylation is 1. The fourth-order valence-corrected chi connectivity index (χ4v) is 2.47. The van der Waals surface area contributed by atoms with Crippen LogP contribution in [0.5, 0.6) is 0 Å². The molecule has 0 saturated carbocycles. The van der Waals surface area contributed by atoms with Gasteiger partial charge in [0.15, 0.2) is 11.0 Å². The third kappa shape index (κ3) is 4.51. The van der Waals surface area contributed by atoms with E-state index < -0.39 is 6.03 Å². The maximum Gasteiger partial charge on any atom is 0.326 e. The predicted molar refractivity (Wildman–Crippen MR) is 98.7 cm³/mol. The van der Waals surface area contributed by atoms with Crippen molar-refractivity contribution in [1.29, 1.82) is 0 Å². The molecular weight excluding hydrogens is 336 g/mol. The fourth-order valence-electron chi connectivity index (χ4n) is 2.11. The second-order valence-corrected chi connectivity index (χ2v) is 5.93. The number of urea groups is 1. The highest BCUT2D eigenvalue weighted by atomic mass is 32.2. The zero-order valence-electron chi connectivity index (χ0n) is 13.7. The summed E-state index contributed by atoms with van der Waals surface area (Å²) in [5.74, 6) is 0.640. The monoisotopic (exact) mass is 352 g/mol. The van der Waals surface area contributed by atoms with E-state index in [0.717, 1.165) is 11.1 Å². The van der Waals surface area contributed by atoms with E-state index in [-0.39, 0.29) is 5.95 Å². The van der Waals surface area contributed by atoms with Gasteiger partial charge in [-0.2, -0.15) is 9.97 Å². The predicted octanol–water partition coefficient (Wildman–Crippen LogP) is 3.61. The van der Waals surface area contributed by atoms with Gasteiger partial charge in [-0.1, -0.05) is 23.9 Å². The zero-order valence-corrected chi connectivity index (χ0v) is 14.5. The molecule has 2 amide bonds. The van der Waals surface area contributed by atoms with Crippen LogP contribution < -0.4 is 10.6 Å². The van der Waals surface area contributed by atoms with Gasteiger partial charge in [-0.05, 0) is 43.0 Å². The first kappa shape index (κ1) is 16.8. The highest BCUT2D eigenvalue weighted by molar-refractivity contribution is 7.98. The molecule has 0 atom stereocenters. The second kappa shape index (κ2) is 7.71. The summed E-state index contributed by atoms with van der Waals surface area (Å²) in [4.78, 5) is 29.1. The van der Waals surface area contributed by atoms with Crippen LogP contribution in [0.3, 0.4) is 0 Å². The van der Waals surface area contributed by atoms with Gasteiger partial charge in [0, 0.05) is 23.6 Å².